The van der Waals surface area contributed by atoms with E-state index in [2.05, 4.69) is 10.3 Å². The molecule has 0 saturated heterocycles. The molecule has 2 N–H and O–H groups in total. The van der Waals surface area contributed by atoms with E-state index in [-0.39, 0.29) is 48.4 Å². The van der Waals surface area contributed by atoms with Gasteiger partial charge >= 0.3 is 0 Å². The zero-order chi connectivity index (χ0) is 26.1. The van der Waals surface area contributed by atoms with Crippen molar-refractivity contribution in [1.82, 2.24) is 14.9 Å². The molecule has 7 nitrogen and oxygen atoms in total. The lowest BCUT2D eigenvalue weighted by molar-refractivity contribution is 0.00607. The number of aryl methyl sites for hydroxylation is 1. The van der Waals surface area contributed by atoms with E-state index in [1.165, 1.54) is 18.4 Å². The highest BCUT2D eigenvalue weighted by Gasteiger charge is 2.37. The molecule has 35 heavy (non-hydrogen) atoms. The van der Waals surface area contributed by atoms with Crippen LogP contribution in [0.5, 0.6) is 0 Å². The standard InChI is InChI=1S/C24H32ClF2N3O4S/c1-5-19-29-20(23(31)28-13-24(32)8-6-16(7-9-24)35(4,33)34)22(25)30(19)21-17(26)11-15(10-14(2)3)12-18(21)27/h11-12,14,16,32H,5-10,13H2,1-4H3,(H,28,31)/t16-,24+. The van der Waals surface area contributed by atoms with Gasteiger partial charge in [0.2, 0.25) is 0 Å². The summed E-state index contributed by atoms with van der Waals surface area (Å²) in [4.78, 5) is 17.1. The Labute approximate surface area is 209 Å². The van der Waals surface area contributed by atoms with Crippen LogP contribution < -0.4 is 5.32 Å². The van der Waals surface area contributed by atoms with Gasteiger partial charge in [0.1, 0.15) is 26.5 Å². The van der Waals surface area contributed by atoms with Crippen LogP contribution in [0, 0.1) is 17.6 Å². The molecule has 194 valence electrons. The Morgan fingerprint density at radius 2 is 1.86 bits per heavy atom. The fourth-order valence-electron chi connectivity index (χ4n) is 4.54. The first kappa shape index (κ1) is 27.5. The number of amides is 1. The Morgan fingerprint density at radius 1 is 1.29 bits per heavy atom. The summed E-state index contributed by atoms with van der Waals surface area (Å²) in [5.74, 6) is -1.88. The van der Waals surface area contributed by atoms with Gasteiger partial charge in [-0.25, -0.2) is 22.2 Å². The molecule has 0 unspecified atom stereocenters. The lowest BCUT2D eigenvalue weighted by Crippen LogP contribution is -2.47. The van der Waals surface area contributed by atoms with E-state index in [0.29, 0.717) is 24.8 Å². The molecular formula is C24H32ClF2N3O4S. The minimum absolute atomic E-state index is 0.125. The highest BCUT2D eigenvalue weighted by atomic mass is 35.5. The van der Waals surface area contributed by atoms with Gasteiger partial charge in [-0.1, -0.05) is 32.4 Å². The summed E-state index contributed by atoms with van der Waals surface area (Å²) >= 11 is 6.41. The van der Waals surface area contributed by atoms with Crippen LogP contribution in [-0.2, 0) is 22.7 Å². The van der Waals surface area contributed by atoms with E-state index < -0.39 is 43.9 Å². The number of hydrogen-bond donors (Lipinski definition) is 2. The van der Waals surface area contributed by atoms with E-state index in [1.54, 1.807) is 6.92 Å². The molecule has 0 bridgehead atoms. The predicted molar refractivity (Wildman–Crippen MR) is 131 cm³/mol. The predicted octanol–water partition coefficient (Wildman–Crippen LogP) is 4.01. The van der Waals surface area contributed by atoms with Crippen molar-refractivity contribution in [1.29, 1.82) is 0 Å². The molecule has 0 radical (unpaired) electrons. The molecule has 1 saturated carbocycles. The minimum atomic E-state index is -3.19. The van der Waals surface area contributed by atoms with Crippen molar-refractivity contribution < 1.29 is 27.1 Å². The van der Waals surface area contributed by atoms with Crippen molar-refractivity contribution in [3.8, 4) is 5.69 Å². The fourth-order valence-corrected chi connectivity index (χ4v) is 5.94. The van der Waals surface area contributed by atoms with Crippen molar-refractivity contribution in [2.45, 2.75) is 70.1 Å². The summed E-state index contributed by atoms with van der Waals surface area (Å²) in [5, 5.41) is 12.6. The number of nitrogens with zero attached hydrogens (tertiary/aromatic N) is 2. The molecule has 0 aliphatic heterocycles. The number of hydrogen-bond acceptors (Lipinski definition) is 5. The molecule has 11 heteroatoms. The number of aliphatic hydroxyl groups is 1. The maximum Gasteiger partial charge on any atom is 0.273 e. The number of imidazole rings is 1. The van der Waals surface area contributed by atoms with Crippen LogP contribution in [0.15, 0.2) is 12.1 Å². The molecule has 1 aliphatic rings. The second kappa shape index (κ2) is 10.5. The number of carbonyl (C=O) groups is 1. The van der Waals surface area contributed by atoms with E-state index in [4.69, 9.17) is 11.6 Å². The van der Waals surface area contributed by atoms with Crippen LogP contribution in [0.2, 0.25) is 5.15 Å². The number of nitrogens with one attached hydrogen (secondary N) is 1. The SMILES string of the molecule is CCc1nc(C(=O)NC[C@]2(O)CC[C@@H](S(C)(=O)=O)CC2)c(Cl)n1-c1c(F)cc(CC(C)C)cc1F. The summed E-state index contributed by atoms with van der Waals surface area (Å²) < 4.78 is 54.6. The lowest BCUT2D eigenvalue weighted by atomic mass is 9.84. The maximum absolute atomic E-state index is 15.0. The summed E-state index contributed by atoms with van der Waals surface area (Å²) in [6.07, 6.45) is 2.97. The molecular weight excluding hydrogens is 500 g/mol. The molecule has 1 amide bonds. The molecule has 0 atom stereocenters. The first-order valence-corrected chi connectivity index (χ1v) is 14.0. The molecule has 0 spiro atoms. The normalized spacial score (nSPS) is 20.9. The average molecular weight is 532 g/mol. The molecule has 1 aliphatic carbocycles. The largest absolute Gasteiger partial charge is 0.388 e. The molecule has 2 aromatic rings. The summed E-state index contributed by atoms with van der Waals surface area (Å²) in [5.41, 5.74) is -1.35. The van der Waals surface area contributed by atoms with Gasteiger partial charge in [0.05, 0.1) is 10.9 Å². The topological polar surface area (TPSA) is 101 Å². The zero-order valence-electron chi connectivity index (χ0n) is 20.4. The summed E-state index contributed by atoms with van der Waals surface area (Å²) in [6, 6.07) is 2.52. The quantitative estimate of drug-likeness (QED) is 0.536. The van der Waals surface area contributed by atoms with Gasteiger partial charge in [0.25, 0.3) is 5.91 Å². The number of carbonyl (C=O) groups excluding carboxylic acids is 1. The Bertz CT molecular complexity index is 1180. The van der Waals surface area contributed by atoms with Crippen LogP contribution in [0.25, 0.3) is 5.69 Å². The fraction of sp³-hybridized carbons (Fsp3) is 0.583. The molecule has 1 fully saturated rings. The van der Waals surface area contributed by atoms with Gasteiger partial charge in [-0.2, -0.15) is 0 Å². The molecule has 1 aromatic carbocycles. The monoisotopic (exact) mass is 531 g/mol. The number of benzene rings is 1. The Kier molecular flexibility index (Phi) is 8.28. The Balaban J connectivity index is 1.82. The highest BCUT2D eigenvalue weighted by molar-refractivity contribution is 7.91. The van der Waals surface area contributed by atoms with Gasteiger partial charge in [-0.3, -0.25) is 9.36 Å². The number of sulfone groups is 1. The lowest BCUT2D eigenvalue weighted by Gasteiger charge is -2.35. The third-order valence-corrected chi connectivity index (χ3v) is 8.44. The molecule has 1 heterocycles. The zero-order valence-corrected chi connectivity index (χ0v) is 21.9. The minimum Gasteiger partial charge on any atom is -0.388 e. The third kappa shape index (κ3) is 6.21. The van der Waals surface area contributed by atoms with E-state index in [1.807, 2.05) is 13.8 Å². The van der Waals surface area contributed by atoms with Crippen molar-refractivity contribution in [2.75, 3.05) is 12.8 Å². The molecule has 3 rings (SSSR count). The van der Waals surface area contributed by atoms with Gasteiger partial charge in [-0.05, 0) is 55.7 Å². The average Bonchev–Trinajstić information content (AvgIpc) is 3.07. The second-order valence-corrected chi connectivity index (χ2v) is 12.5. The Hall–Kier alpha value is -2.04. The maximum atomic E-state index is 15.0. The van der Waals surface area contributed by atoms with Gasteiger partial charge in [-0.15, -0.1) is 0 Å². The van der Waals surface area contributed by atoms with Gasteiger partial charge in [0, 0.05) is 19.2 Å². The van der Waals surface area contributed by atoms with Crippen LogP contribution in [0.4, 0.5) is 8.78 Å². The smallest absolute Gasteiger partial charge is 0.273 e. The van der Waals surface area contributed by atoms with Crippen LogP contribution >= 0.6 is 11.6 Å². The summed E-state index contributed by atoms with van der Waals surface area (Å²) in [6.45, 7) is 5.50. The van der Waals surface area contributed by atoms with Crippen LogP contribution in [0.3, 0.4) is 0 Å². The van der Waals surface area contributed by atoms with E-state index in [0.717, 1.165) is 4.57 Å². The second-order valence-electron chi connectivity index (χ2n) is 9.80. The van der Waals surface area contributed by atoms with Gasteiger partial charge < -0.3 is 10.4 Å². The van der Waals surface area contributed by atoms with Crippen molar-refractivity contribution in [3.05, 3.63) is 46.0 Å². The summed E-state index contributed by atoms with van der Waals surface area (Å²) in [7, 11) is -3.19. The first-order valence-electron chi connectivity index (χ1n) is 11.7. The van der Waals surface area contributed by atoms with Gasteiger partial charge in [0.15, 0.2) is 17.3 Å². The van der Waals surface area contributed by atoms with Crippen LogP contribution in [-0.4, -0.2) is 52.6 Å². The highest BCUT2D eigenvalue weighted by Crippen LogP contribution is 2.32. The van der Waals surface area contributed by atoms with Crippen LogP contribution in [0.1, 0.15) is 68.3 Å². The van der Waals surface area contributed by atoms with E-state index in [9.17, 15) is 27.1 Å². The first-order chi connectivity index (χ1) is 16.3. The number of aromatic nitrogens is 2. The number of rotatable bonds is 8. The van der Waals surface area contributed by atoms with Crippen molar-refractivity contribution in [2.24, 2.45) is 5.92 Å². The van der Waals surface area contributed by atoms with Crippen molar-refractivity contribution >= 4 is 27.3 Å². The Morgan fingerprint density at radius 3 is 2.34 bits per heavy atom. The van der Waals surface area contributed by atoms with Crippen molar-refractivity contribution in [3.63, 3.8) is 0 Å². The number of halogens is 3. The third-order valence-electron chi connectivity index (χ3n) is 6.41. The van der Waals surface area contributed by atoms with E-state index >= 15 is 0 Å². The molecule has 1 aromatic heterocycles.